The van der Waals surface area contributed by atoms with Crippen LogP contribution in [0.3, 0.4) is 0 Å². The van der Waals surface area contributed by atoms with Crippen LogP contribution < -0.4 is 10.6 Å². The van der Waals surface area contributed by atoms with E-state index in [1.54, 1.807) is 50.2 Å². The highest BCUT2D eigenvalue weighted by Crippen LogP contribution is 2.27. The van der Waals surface area contributed by atoms with E-state index in [1.165, 1.54) is 18.2 Å². The largest absolute Gasteiger partial charge is 0.463 e. The van der Waals surface area contributed by atoms with Gasteiger partial charge >= 0.3 is 12.0 Å². The summed E-state index contributed by atoms with van der Waals surface area (Å²) in [5, 5.41) is 16.6. The first-order valence-corrected chi connectivity index (χ1v) is 8.42. The molecule has 2 rings (SSSR count). The number of ether oxygens (including phenoxy) is 1. The molecule has 0 saturated carbocycles. The number of para-hydroxylation sites is 2. The van der Waals surface area contributed by atoms with Crippen LogP contribution >= 0.6 is 0 Å². The molecule has 2 aromatic rings. The topological polar surface area (TPSA) is 111 Å². The summed E-state index contributed by atoms with van der Waals surface area (Å²) in [5.41, 5.74) is 0.604. The Kier molecular flexibility index (Phi) is 6.87. The maximum Gasteiger partial charge on any atom is 0.319 e. The first-order valence-electron chi connectivity index (χ1n) is 8.42. The fourth-order valence-corrected chi connectivity index (χ4v) is 2.51. The van der Waals surface area contributed by atoms with Gasteiger partial charge in [-0.15, -0.1) is 0 Å². The third-order valence-electron chi connectivity index (χ3n) is 3.58. The number of carbonyl (C=O) groups is 2. The fraction of sp³-hybridized carbons (Fsp3) is 0.263. The Balaban J connectivity index is 2.23. The summed E-state index contributed by atoms with van der Waals surface area (Å²) in [6.45, 7) is 3.40. The van der Waals surface area contributed by atoms with Gasteiger partial charge in [0, 0.05) is 11.8 Å². The number of hydrogen-bond acceptors (Lipinski definition) is 5. The molecule has 0 aliphatic heterocycles. The van der Waals surface area contributed by atoms with Crippen molar-refractivity contribution in [3.8, 4) is 0 Å². The van der Waals surface area contributed by atoms with E-state index in [9.17, 15) is 19.7 Å². The van der Waals surface area contributed by atoms with Crippen LogP contribution in [-0.2, 0) is 9.53 Å². The van der Waals surface area contributed by atoms with Gasteiger partial charge in [-0.1, -0.05) is 36.4 Å². The molecule has 0 aromatic heterocycles. The number of nitrogens with one attached hydrogen (secondary N) is 2. The van der Waals surface area contributed by atoms with Crippen LogP contribution in [0.1, 0.15) is 31.9 Å². The zero-order chi connectivity index (χ0) is 19.8. The Morgan fingerprint density at radius 2 is 1.70 bits per heavy atom. The van der Waals surface area contributed by atoms with Crippen molar-refractivity contribution < 1.29 is 19.2 Å². The van der Waals surface area contributed by atoms with Crippen molar-refractivity contribution in [3.63, 3.8) is 0 Å². The summed E-state index contributed by atoms with van der Waals surface area (Å²) < 4.78 is 5.12. The van der Waals surface area contributed by atoms with E-state index < -0.39 is 23.0 Å². The zero-order valence-corrected chi connectivity index (χ0v) is 15.0. The van der Waals surface area contributed by atoms with E-state index in [4.69, 9.17) is 4.74 Å². The molecule has 0 aliphatic rings. The van der Waals surface area contributed by atoms with Gasteiger partial charge in [-0.3, -0.25) is 14.9 Å². The van der Waals surface area contributed by atoms with Crippen molar-refractivity contribution in [2.45, 2.75) is 32.4 Å². The van der Waals surface area contributed by atoms with Gasteiger partial charge in [0.05, 0.1) is 29.1 Å². The third kappa shape index (κ3) is 6.10. The molecule has 0 saturated heterocycles. The van der Waals surface area contributed by atoms with Crippen molar-refractivity contribution in [1.82, 2.24) is 5.32 Å². The fourth-order valence-electron chi connectivity index (χ4n) is 2.51. The van der Waals surface area contributed by atoms with Crippen molar-refractivity contribution in [2.75, 3.05) is 5.32 Å². The van der Waals surface area contributed by atoms with E-state index in [0.717, 1.165) is 0 Å². The van der Waals surface area contributed by atoms with E-state index in [2.05, 4.69) is 10.6 Å². The molecular weight excluding hydrogens is 350 g/mol. The van der Waals surface area contributed by atoms with Crippen LogP contribution in [0.5, 0.6) is 0 Å². The smallest absolute Gasteiger partial charge is 0.319 e. The minimum atomic E-state index is -0.915. The van der Waals surface area contributed by atoms with Gasteiger partial charge in [0.1, 0.15) is 0 Å². The number of carbonyl (C=O) groups excluding carboxylic acids is 2. The molecule has 142 valence electrons. The number of anilines is 1. The molecule has 2 N–H and O–H groups in total. The molecule has 1 atom stereocenters. The lowest BCUT2D eigenvalue weighted by Gasteiger charge is -2.19. The monoisotopic (exact) mass is 371 g/mol. The molecule has 8 nitrogen and oxygen atoms in total. The Morgan fingerprint density at radius 1 is 1.07 bits per heavy atom. The first-order chi connectivity index (χ1) is 12.9. The van der Waals surface area contributed by atoms with Crippen LogP contribution in [0, 0.1) is 10.1 Å². The van der Waals surface area contributed by atoms with Gasteiger partial charge in [-0.05, 0) is 26.0 Å². The Hall–Kier alpha value is -3.42. The van der Waals surface area contributed by atoms with E-state index in [1.807, 2.05) is 0 Å². The predicted molar refractivity (Wildman–Crippen MR) is 100 cm³/mol. The van der Waals surface area contributed by atoms with Crippen molar-refractivity contribution in [2.24, 2.45) is 0 Å². The van der Waals surface area contributed by atoms with Crippen molar-refractivity contribution >= 4 is 23.4 Å². The predicted octanol–water partition coefficient (Wildman–Crippen LogP) is 3.80. The maximum absolute atomic E-state index is 12.3. The summed E-state index contributed by atoms with van der Waals surface area (Å²) in [7, 11) is 0. The summed E-state index contributed by atoms with van der Waals surface area (Å²) in [6.07, 6.45) is -0.562. The molecule has 2 aromatic carbocycles. The third-order valence-corrected chi connectivity index (χ3v) is 3.58. The minimum Gasteiger partial charge on any atom is -0.463 e. The highest BCUT2D eigenvalue weighted by atomic mass is 16.6. The van der Waals surface area contributed by atoms with Gasteiger partial charge in [0.2, 0.25) is 0 Å². The molecule has 0 bridgehead atoms. The highest BCUT2D eigenvalue weighted by Gasteiger charge is 2.26. The average molecular weight is 371 g/mol. The molecule has 0 aliphatic carbocycles. The standard InChI is InChI=1S/C19H21N3O5/c1-13(2)27-18(23)12-16(15-10-6-7-11-17(15)22(25)26)21-19(24)20-14-8-4-3-5-9-14/h3-11,13,16H,12H2,1-2H3,(H2,20,21,24)/t16-/m0/s1. The number of nitro benzene ring substituents is 1. The lowest BCUT2D eigenvalue weighted by molar-refractivity contribution is -0.385. The molecule has 27 heavy (non-hydrogen) atoms. The number of esters is 1. The van der Waals surface area contributed by atoms with Gasteiger partial charge < -0.3 is 15.4 Å². The number of rotatable bonds is 7. The molecule has 0 fully saturated rings. The zero-order valence-electron chi connectivity index (χ0n) is 15.0. The maximum atomic E-state index is 12.3. The number of nitro groups is 1. The summed E-state index contributed by atoms with van der Waals surface area (Å²) in [5.74, 6) is -0.562. The summed E-state index contributed by atoms with van der Waals surface area (Å²) in [6, 6.07) is 13.2. The molecule has 0 heterocycles. The molecular formula is C19H21N3O5. The molecule has 0 radical (unpaired) electrons. The van der Waals surface area contributed by atoms with Crippen LogP contribution in [0.15, 0.2) is 54.6 Å². The van der Waals surface area contributed by atoms with Crippen LogP contribution in [0.4, 0.5) is 16.2 Å². The van der Waals surface area contributed by atoms with Crippen LogP contribution in [0.25, 0.3) is 0 Å². The van der Waals surface area contributed by atoms with E-state index in [0.29, 0.717) is 5.69 Å². The van der Waals surface area contributed by atoms with Gasteiger partial charge in [-0.25, -0.2) is 4.79 Å². The molecule has 8 heteroatoms. The van der Waals surface area contributed by atoms with Gasteiger partial charge in [-0.2, -0.15) is 0 Å². The summed E-state index contributed by atoms with van der Waals surface area (Å²) in [4.78, 5) is 35.2. The second-order valence-corrected chi connectivity index (χ2v) is 6.08. The van der Waals surface area contributed by atoms with Gasteiger partial charge in [0.25, 0.3) is 5.69 Å². The molecule has 0 unspecified atom stereocenters. The number of benzene rings is 2. The van der Waals surface area contributed by atoms with Crippen LogP contribution in [-0.4, -0.2) is 23.0 Å². The quantitative estimate of drug-likeness (QED) is 0.437. The lowest BCUT2D eigenvalue weighted by atomic mass is 10.0. The normalized spacial score (nSPS) is 11.5. The summed E-state index contributed by atoms with van der Waals surface area (Å²) >= 11 is 0. The molecule has 0 spiro atoms. The number of hydrogen-bond donors (Lipinski definition) is 2. The van der Waals surface area contributed by atoms with Crippen molar-refractivity contribution in [3.05, 3.63) is 70.3 Å². The Labute approximate surface area is 156 Å². The average Bonchev–Trinajstić information content (AvgIpc) is 2.61. The SMILES string of the molecule is CC(C)OC(=O)C[C@H](NC(=O)Nc1ccccc1)c1ccccc1[N+](=O)[O-]. The van der Waals surface area contributed by atoms with Crippen LogP contribution in [0.2, 0.25) is 0 Å². The van der Waals surface area contributed by atoms with Gasteiger partial charge in [0.15, 0.2) is 0 Å². The van der Waals surface area contributed by atoms with Crippen molar-refractivity contribution in [1.29, 1.82) is 0 Å². The second kappa shape index (κ2) is 9.33. The Morgan fingerprint density at radius 3 is 2.33 bits per heavy atom. The number of nitrogens with zero attached hydrogens (tertiary/aromatic N) is 1. The Bertz CT molecular complexity index is 808. The number of amides is 2. The lowest BCUT2D eigenvalue weighted by Crippen LogP contribution is -2.34. The second-order valence-electron chi connectivity index (χ2n) is 6.08. The first kappa shape index (κ1) is 19.9. The minimum absolute atomic E-state index is 0.181. The highest BCUT2D eigenvalue weighted by molar-refractivity contribution is 5.90. The van der Waals surface area contributed by atoms with E-state index >= 15 is 0 Å². The number of urea groups is 1. The van der Waals surface area contributed by atoms with E-state index in [-0.39, 0.29) is 23.8 Å². The molecule has 2 amide bonds.